The second-order valence-electron chi connectivity index (χ2n) is 4.85. The van der Waals surface area contributed by atoms with Gasteiger partial charge in [-0.1, -0.05) is 12.1 Å². The fraction of sp³-hybridized carbons (Fsp3) is 0.176. The highest BCUT2D eigenvalue weighted by Crippen LogP contribution is 2.31. The molecule has 0 amide bonds. The quantitative estimate of drug-likeness (QED) is 0.752. The molecular weight excluding hydrogens is 292 g/mol. The third-order valence-corrected chi connectivity index (χ3v) is 3.50. The number of hydrogen-bond acceptors (Lipinski definition) is 6. The molecule has 2 N–H and O–H groups in total. The molecule has 0 fully saturated rings. The zero-order valence-corrected chi connectivity index (χ0v) is 13.3. The van der Waals surface area contributed by atoms with Crippen LogP contribution < -0.4 is 20.1 Å². The van der Waals surface area contributed by atoms with Crippen molar-refractivity contribution >= 4 is 28.4 Å². The number of methoxy groups -OCH3 is 2. The van der Waals surface area contributed by atoms with E-state index in [4.69, 9.17) is 9.47 Å². The van der Waals surface area contributed by atoms with Gasteiger partial charge in [0.15, 0.2) is 0 Å². The minimum absolute atomic E-state index is 0.497. The van der Waals surface area contributed by atoms with E-state index in [1.54, 1.807) is 14.2 Å². The number of fused-ring (bicyclic) bond motifs is 1. The summed E-state index contributed by atoms with van der Waals surface area (Å²) < 4.78 is 10.6. The van der Waals surface area contributed by atoms with Crippen molar-refractivity contribution in [1.82, 2.24) is 9.97 Å². The van der Waals surface area contributed by atoms with Crippen LogP contribution in [-0.4, -0.2) is 31.2 Å². The van der Waals surface area contributed by atoms with Crippen molar-refractivity contribution in [3.63, 3.8) is 0 Å². The molecule has 0 aliphatic heterocycles. The molecule has 3 rings (SSSR count). The van der Waals surface area contributed by atoms with E-state index in [0.717, 1.165) is 28.2 Å². The van der Waals surface area contributed by atoms with Crippen LogP contribution in [0, 0.1) is 0 Å². The minimum atomic E-state index is 0.497. The van der Waals surface area contributed by atoms with Gasteiger partial charge in [0.25, 0.3) is 0 Å². The zero-order valence-electron chi connectivity index (χ0n) is 13.3. The third kappa shape index (κ3) is 2.96. The molecule has 1 aromatic heterocycles. The molecule has 2 aromatic carbocycles. The van der Waals surface area contributed by atoms with Crippen LogP contribution in [0.3, 0.4) is 0 Å². The molecular formula is C17H18N4O2. The van der Waals surface area contributed by atoms with Gasteiger partial charge in [-0.3, -0.25) is 0 Å². The van der Waals surface area contributed by atoms with Crippen LogP contribution >= 0.6 is 0 Å². The highest BCUT2D eigenvalue weighted by atomic mass is 16.5. The lowest BCUT2D eigenvalue weighted by Crippen LogP contribution is -2.03. The van der Waals surface area contributed by atoms with E-state index in [0.29, 0.717) is 11.7 Å². The van der Waals surface area contributed by atoms with Crippen LogP contribution in [0.25, 0.3) is 10.9 Å². The molecule has 0 spiro atoms. The first-order chi connectivity index (χ1) is 11.2. The topological polar surface area (TPSA) is 68.3 Å². The first-order valence-electron chi connectivity index (χ1n) is 7.18. The van der Waals surface area contributed by atoms with Crippen LogP contribution in [0.1, 0.15) is 0 Å². The summed E-state index contributed by atoms with van der Waals surface area (Å²) in [6, 6.07) is 13.4. The van der Waals surface area contributed by atoms with Gasteiger partial charge in [0, 0.05) is 18.5 Å². The van der Waals surface area contributed by atoms with E-state index < -0.39 is 0 Å². The number of benzene rings is 2. The Hall–Kier alpha value is -3.02. The van der Waals surface area contributed by atoms with Gasteiger partial charge in [0.2, 0.25) is 5.95 Å². The molecule has 1 heterocycles. The number of nitrogens with one attached hydrogen (secondary N) is 2. The van der Waals surface area contributed by atoms with E-state index >= 15 is 0 Å². The van der Waals surface area contributed by atoms with Crippen molar-refractivity contribution in [2.75, 3.05) is 31.9 Å². The van der Waals surface area contributed by atoms with Gasteiger partial charge in [0.1, 0.15) is 17.3 Å². The number of anilines is 3. The number of aromatic nitrogens is 2. The summed E-state index contributed by atoms with van der Waals surface area (Å²) in [5, 5.41) is 7.27. The summed E-state index contributed by atoms with van der Waals surface area (Å²) in [6.45, 7) is 0. The molecule has 0 bridgehead atoms. The Morgan fingerprint density at radius 3 is 2.52 bits per heavy atom. The number of para-hydroxylation sites is 1. The summed E-state index contributed by atoms with van der Waals surface area (Å²) in [4.78, 5) is 9.06. The maximum Gasteiger partial charge on any atom is 0.229 e. The van der Waals surface area contributed by atoms with Gasteiger partial charge in [-0.15, -0.1) is 0 Å². The molecule has 0 radical (unpaired) electrons. The molecule has 6 nitrogen and oxygen atoms in total. The standard InChI is InChI=1S/C17H18N4O2/c1-18-16-12-6-4-5-7-13(12)19-17(21-16)20-14-9-8-11(22-2)10-15(14)23-3/h4-10H,1-3H3,(H2,18,19,20,21). The van der Waals surface area contributed by atoms with Crippen molar-refractivity contribution in [1.29, 1.82) is 0 Å². The Kier molecular flexibility index (Phi) is 4.14. The minimum Gasteiger partial charge on any atom is -0.497 e. The van der Waals surface area contributed by atoms with E-state index in [1.807, 2.05) is 49.5 Å². The summed E-state index contributed by atoms with van der Waals surface area (Å²) in [6.07, 6.45) is 0. The lowest BCUT2D eigenvalue weighted by molar-refractivity contribution is 0.395. The first-order valence-corrected chi connectivity index (χ1v) is 7.18. The number of ether oxygens (including phenoxy) is 2. The van der Waals surface area contributed by atoms with Crippen molar-refractivity contribution in [2.45, 2.75) is 0 Å². The Morgan fingerprint density at radius 1 is 0.957 bits per heavy atom. The van der Waals surface area contributed by atoms with E-state index in [1.165, 1.54) is 0 Å². The van der Waals surface area contributed by atoms with Crippen LogP contribution in [0.4, 0.5) is 17.5 Å². The average Bonchev–Trinajstić information content (AvgIpc) is 2.61. The van der Waals surface area contributed by atoms with Gasteiger partial charge in [-0.25, -0.2) is 4.98 Å². The van der Waals surface area contributed by atoms with Crippen LogP contribution in [0.2, 0.25) is 0 Å². The Bertz CT molecular complexity index is 836. The van der Waals surface area contributed by atoms with Crippen LogP contribution in [0.15, 0.2) is 42.5 Å². The maximum atomic E-state index is 5.39. The second kappa shape index (κ2) is 6.39. The SMILES string of the molecule is CNc1nc(Nc2ccc(OC)cc2OC)nc2ccccc12. The number of hydrogen-bond donors (Lipinski definition) is 2. The second-order valence-corrected chi connectivity index (χ2v) is 4.85. The third-order valence-electron chi connectivity index (χ3n) is 3.50. The van der Waals surface area contributed by atoms with Gasteiger partial charge in [-0.05, 0) is 24.3 Å². The predicted octanol–water partition coefficient (Wildman–Crippen LogP) is 3.43. The van der Waals surface area contributed by atoms with E-state index in [-0.39, 0.29) is 0 Å². The molecule has 0 unspecified atom stereocenters. The van der Waals surface area contributed by atoms with Crippen molar-refractivity contribution in [3.05, 3.63) is 42.5 Å². The summed E-state index contributed by atoms with van der Waals surface area (Å²) in [5.41, 5.74) is 1.63. The zero-order chi connectivity index (χ0) is 16.2. The summed E-state index contributed by atoms with van der Waals surface area (Å²) in [5.74, 6) is 2.65. The van der Waals surface area contributed by atoms with Gasteiger partial charge in [-0.2, -0.15) is 4.98 Å². The van der Waals surface area contributed by atoms with Crippen LogP contribution in [-0.2, 0) is 0 Å². The average molecular weight is 310 g/mol. The lowest BCUT2D eigenvalue weighted by atomic mass is 10.2. The number of rotatable bonds is 5. The molecule has 0 aliphatic carbocycles. The molecule has 0 aliphatic rings. The van der Waals surface area contributed by atoms with Crippen LogP contribution in [0.5, 0.6) is 11.5 Å². The summed E-state index contributed by atoms with van der Waals surface area (Å²) in [7, 11) is 5.07. The Morgan fingerprint density at radius 2 is 1.78 bits per heavy atom. The molecule has 23 heavy (non-hydrogen) atoms. The van der Waals surface area contributed by atoms with Gasteiger partial charge < -0.3 is 20.1 Å². The first kappa shape index (κ1) is 14.9. The molecule has 3 aromatic rings. The maximum absolute atomic E-state index is 5.39. The molecule has 0 atom stereocenters. The molecule has 118 valence electrons. The molecule has 6 heteroatoms. The Labute approximate surface area is 134 Å². The van der Waals surface area contributed by atoms with Gasteiger partial charge >= 0.3 is 0 Å². The lowest BCUT2D eigenvalue weighted by Gasteiger charge is -2.13. The molecule has 0 saturated heterocycles. The van der Waals surface area contributed by atoms with Crippen molar-refractivity contribution in [2.24, 2.45) is 0 Å². The molecule has 0 saturated carbocycles. The fourth-order valence-electron chi connectivity index (χ4n) is 2.35. The van der Waals surface area contributed by atoms with E-state index in [2.05, 4.69) is 20.6 Å². The van der Waals surface area contributed by atoms with Crippen molar-refractivity contribution in [3.8, 4) is 11.5 Å². The summed E-state index contributed by atoms with van der Waals surface area (Å²) >= 11 is 0. The largest absolute Gasteiger partial charge is 0.497 e. The smallest absolute Gasteiger partial charge is 0.229 e. The van der Waals surface area contributed by atoms with Crippen molar-refractivity contribution < 1.29 is 9.47 Å². The van der Waals surface area contributed by atoms with E-state index in [9.17, 15) is 0 Å². The highest BCUT2D eigenvalue weighted by Gasteiger charge is 2.10. The highest BCUT2D eigenvalue weighted by molar-refractivity contribution is 5.90. The number of nitrogens with zero attached hydrogens (tertiary/aromatic N) is 2. The Balaban J connectivity index is 2.01. The fourth-order valence-corrected chi connectivity index (χ4v) is 2.35. The van der Waals surface area contributed by atoms with Gasteiger partial charge in [0.05, 0.1) is 25.4 Å². The normalized spacial score (nSPS) is 10.4. The monoisotopic (exact) mass is 310 g/mol. The predicted molar refractivity (Wildman–Crippen MR) is 91.9 cm³/mol.